The van der Waals surface area contributed by atoms with Gasteiger partial charge in [0.2, 0.25) is 11.8 Å². The molecule has 0 atom stereocenters. The van der Waals surface area contributed by atoms with Crippen LogP contribution in [0.25, 0.3) is 0 Å². The zero-order valence-corrected chi connectivity index (χ0v) is 12.9. The number of carbonyl (C=O) groups is 1. The maximum atomic E-state index is 13.1. The normalized spacial score (nSPS) is 13.8. The quantitative estimate of drug-likeness (QED) is 0.864. The van der Waals surface area contributed by atoms with Gasteiger partial charge in [-0.2, -0.15) is 13.2 Å². The maximum Gasteiger partial charge on any atom is 0.416 e. The summed E-state index contributed by atoms with van der Waals surface area (Å²) in [5.74, 6) is 0.141. The summed E-state index contributed by atoms with van der Waals surface area (Å²) >= 11 is 0. The Morgan fingerprint density at radius 3 is 2.83 bits per heavy atom. The Hall–Kier alpha value is -2.57. The van der Waals surface area contributed by atoms with Gasteiger partial charge in [0.1, 0.15) is 0 Å². The number of anilines is 1. The first-order chi connectivity index (χ1) is 11.4. The molecule has 1 amide bonds. The summed E-state index contributed by atoms with van der Waals surface area (Å²) in [5.41, 5.74) is 0.565. The first-order valence-corrected chi connectivity index (χ1v) is 7.38. The van der Waals surface area contributed by atoms with E-state index >= 15 is 0 Å². The van der Waals surface area contributed by atoms with E-state index in [4.69, 9.17) is 4.74 Å². The van der Waals surface area contributed by atoms with Crippen molar-refractivity contribution in [2.75, 3.05) is 18.6 Å². The van der Waals surface area contributed by atoms with E-state index in [0.717, 1.165) is 6.07 Å². The van der Waals surface area contributed by atoms with Crippen LogP contribution in [0, 0.1) is 0 Å². The third-order valence-corrected chi connectivity index (χ3v) is 4.00. The first-order valence-electron chi connectivity index (χ1n) is 7.38. The van der Waals surface area contributed by atoms with Gasteiger partial charge in [-0.05, 0) is 35.7 Å². The largest absolute Gasteiger partial charge is 0.481 e. The number of benzene rings is 1. The summed E-state index contributed by atoms with van der Waals surface area (Å²) < 4.78 is 44.2. The van der Waals surface area contributed by atoms with Crippen LogP contribution in [-0.2, 0) is 23.8 Å². The molecule has 1 aliphatic rings. The topological polar surface area (TPSA) is 42.4 Å². The molecule has 0 saturated heterocycles. The molecule has 126 valence electrons. The molecule has 1 aromatic carbocycles. The number of halogens is 3. The summed E-state index contributed by atoms with van der Waals surface area (Å²) in [4.78, 5) is 17.9. The van der Waals surface area contributed by atoms with Crippen molar-refractivity contribution in [1.82, 2.24) is 4.98 Å². The lowest BCUT2D eigenvalue weighted by Gasteiger charge is -2.18. The molecular weight excluding hydrogens is 321 g/mol. The van der Waals surface area contributed by atoms with Gasteiger partial charge in [-0.15, -0.1) is 0 Å². The van der Waals surface area contributed by atoms with E-state index < -0.39 is 11.7 Å². The molecule has 0 fully saturated rings. The summed E-state index contributed by atoms with van der Waals surface area (Å²) in [5, 5.41) is 0. The van der Waals surface area contributed by atoms with Crippen molar-refractivity contribution in [2.24, 2.45) is 0 Å². The lowest BCUT2D eigenvalue weighted by Crippen LogP contribution is -2.30. The highest BCUT2D eigenvalue weighted by Crippen LogP contribution is 2.39. The Balaban J connectivity index is 1.84. The van der Waals surface area contributed by atoms with Crippen molar-refractivity contribution < 1.29 is 22.7 Å². The number of hydrogen-bond acceptors (Lipinski definition) is 3. The minimum Gasteiger partial charge on any atom is -0.481 e. The fraction of sp³-hybridized carbons (Fsp3) is 0.294. The number of pyridine rings is 1. The van der Waals surface area contributed by atoms with Crippen LogP contribution in [0.3, 0.4) is 0 Å². The standard InChI is InChI=1S/C17H15F3N2O2/c1-24-15-9-11(5-7-21-15)10-16(23)22-8-6-12-13(17(18,19)20)3-2-4-14(12)22/h2-5,7,9H,6,8,10H2,1H3. The van der Waals surface area contributed by atoms with Gasteiger partial charge in [-0.1, -0.05) is 6.07 Å². The van der Waals surface area contributed by atoms with Crippen LogP contribution in [0.1, 0.15) is 16.7 Å². The number of amides is 1. The second-order valence-corrected chi connectivity index (χ2v) is 5.48. The lowest BCUT2D eigenvalue weighted by molar-refractivity contribution is -0.138. The van der Waals surface area contributed by atoms with Gasteiger partial charge in [-0.25, -0.2) is 4.98 Å². The summed E-state index contributed by atoms with van der Waals surface area (Å²) in [6.45, 7) is 0.253. The highest BCUT2D eigenvalue weighted by Gasteiger charge is 2.37. The van der Waals surface area contributed by atoms with Crippen molar-refractivity contribution in [3.05, 3.63) is 53.2 Å². The van der Waals surface area contributed by atoms with Gasteiger partial charge >= 0.3 is 6.18 Å². The SMILES string of the molecule is COc1cc(CC(=O)N2CCc3c2cccc3C(F)(F)F)ccn1. The molecule has 7 heteroatoms. The average molecular weight is 336 g/mol. The molecule has 4 nitrogen and oxygen atoms in total. The molecule has 0 radical (unpaired) electrons. The Labute approximate surface area is 136 Å². The first kappa shape index (κ1) is 16.3. The van der Waals surface area contributed by atoms with Gasteiger partial charge in [0, 0.05) is 24.5 Å². The number of nitrogens with zero attached hydrogens (tertiary/aromatic N) is 2. The third kappa shape index (κ3) is 3.06. The number of rotatable bonds is 3. The summed E-state index contributed by atoms with van der Waals surface area (Å²) in [7, 11) is 1.48. The van der Waals surface area contributed by atoms with E-state index in [1.54, 1.807) is 18.2 Å². The predicted octanol–water partition coefficient (Wildman–Crippen LogP) is 3.24. The summed E-state index contributed by atoms with van der Waals surface area (Å²) in [6.07, 6.45) is -2.60. The second kappa shape index (κ2) is 6.14. The van der Waals surface area contributed by atoms with Crippen molar-refractivity contribution in [2.45, 2.75) is 19.0 Å². The molecule has 2 aromatic rings. The van der Waals surface area contributed by atoms with Gasteiger partial charge < -0.3 is 9.64 Å². The number of aromatic nitrogens is 1. The molecule has 0 bridgehead atoms. The van der Waals surface area contributed by atoms with Crippen LogP contribution in [0.5, 0.6) is 5.88 Å². The van der Waals surface area contributed by atoms with Crippen LogP contribution in [0.2, 0.25) is 0 Å². The lowest BCUT2D eigenvalue weighted by atomic mass is 10.0. The monoisotopic (exact) mass is 336 g/mol. The summed E-state index contributed by atoms with van der Waals surface area (Å²) in [6, 6.07) is 7.27. The minimum absolute atomic E-state index is 0.0779. The van der Waals surface area contributed by atoms with Crippen molar-refractivity contribution in [1.29, 1.82) is 0 Å². The van der Waals surface area contributed by atoms with Crippen molar-refractivity contribution >= 4 is 11.6 Å². The molecule has 3 rings (SSSR count). The Morgan fingerprint density at radius 1 is 1.33 bits per heavy atom. The number of fused-ring (bicyclic) bond motifs is 1. The zero-order chi connectivity index (χ0) is 17.3. The molecule has 0 saturated carbocycles. The van der Waals surface area contributed by atoms with Gasteiger partial charge in [0.05, 0.1) is 19.1 Å². The van der Waals surface area contributed by atoms with E-state index in [9.17, 15) is 18.0 Å². The molecule has 24 heavy (non-hydrogen) atoms. The Morgan fingerprint density at radius 2 is 2.12 bits per heavy atom. The molecule has 0 unspecified atom stereocenters. The predicted molar refractivity (Wildman–Crippen MR) is 82.0 cm³/mol. The van der Waals surface area contributed by atoms with Crippen molar-refractivity contribution in [3.63, 3.8) is 0 Å². The van der Waals surface area contributed by atoms with Crippen LogP contribution < -0.4 is 9.64 Å². The average Bonchev–Trinajstić information content (AvgIpc) is 2.98. The highest BCUT2D eigenvalue weighted by molar-refractivity contribution is 5.97. The Kier molecular flexibility index (Phi) is 4.17. The van der Waals surface area contributed by atoms with Crippen molar-refractivity contribution in [3.8, 4) is 5.88 Å². The van der Waals surface area contributed by atoms with Gasteiger partial charge in [-0.3, -0.25) is 4.79 Å². The highest BCUT2D eigenvalue weighted by atomic mass is 19.4. The van der Waals surface area contributed by atoms with E-state index in [1.807, 2.05) is 0 Å². The molecule has 0 spiro atoms. The van der Waals surface area contributed by atoms with Crippen LogP contribution in [0.15, 0.2) is 36.5 Å². The Bertz CT molecular complexity index is 775. The number of ether oxygens (including phenoxy) is 1. The molecule has 1 aromatic heterocycles. The van der Waals surface area contributed by atoms with Crippen LogP contribution in [0.4, 0.5) is 18.9 Å². The molecule has 2 heterocycles. The number of alkyl halides is 3. The van der Waals surface area contributed by atoms with Gasteiger partial charge in [0.25, 0.3) is 0 Å². The van der Waals surface area contributed by atoms with E-state index in [0.29, 0.717) is 17.1 Å². The minimum atomic E-state index is -4.41. The van der Waals surface area contributed by atoms with E-state index in [2.05, 4.69) is 4.98 Å². The van der Waals surface area contributed by atoms with E-state index in [-0.39, 0.29) is 30.9 Å². The zero-order valence-electron chi connectivity index (χ0n) is 12.9. The molecule has 1 aliphatic heterocycles. The van der Waals surface area contributed by atoms with Gasteiger partial charge in [0.15, 0.2) is 0 Å². The number of hydrogen-bond donors (Lipinski definition) is 0. The fourth-order valence-corrected chi connectivity index (χ4v) is 2.90. The van der Waals surface area contributed by atoms with E-state index in [1.165, 1.54) is 24.3 Å². The number of carbonyl (C=O) groups excluding carboxylic acids is 1. The number of methoxy groups -OCH3 is 1. The molecular formula is C17H15F3N2O2. The smallest absolute Gasteiger partial charge is 0.416 e. The maximum absolute atomic E-state index is 13.1. The third-order valence-electron chi connectivity index (χ3n) is 4.00. The second-order valence-electron chi connectivity index (χ2n) is 5.48. The van der Waals surface area contributed by atoms with Crippen LogP contribution >= 0.6 is 0 Å². The fourth-order valence-electron chi connectivity index (χ4n) is 2.90. The van der Waals surface area contributed by atoms with Crippen LogP contribution in [-0.4, -0.2) is 24.5 Å². The molecule has 0 N–H and O–H groups in total. The molecule has 0 aliphatic carbocycles.